The minimum Gasteiger partial charge on any atom is -0.495 e. The van der Waals surface area contributed by atoms with E-state index in [1.165, 1.54) is 0 Å². The number of carbonyl (C=O) groups excluding carboxylic acids is 2. The van der Waals surface area contributed by atoms with Crippen LogP contribution in [0.15, 0.2) is 54.6 Å². The number of amides is 2. The highest BCUT2D eigenvalue weighted by atomic mass is 16.5. The third-order valence-corrected chi connectivity index (χ3v) is 4.49. The van der Waals surface area contributed by atoms with E-state index in [2.05, 4.69) is 10.6 Å². The van der Waals surface area contributed by atoms with Crippen molar-refractivity contribution in [3.63, 3.8) is 0 Å². The lowest BCUT2D eigenvalue weighted by atomic mass is 10.1. The second-order valence-electron chi connectivity index (χ2n) is 6.28. The van der Waals surface area contributed by atoms with Crippen molar-refractivity contribution in [2.75, 3.05) is 12.4 Å². The standard InChI is InChI=1S/C20H22N2O3/c1-13(14-8-4-3-5-9-14)21-19(23)15-12-16(15)20(24)22-17-10-6-7-11-18(17)25-2/h3-11,13,15-16H,12H2,1-2H3,(H,21,23)(H,22,24). The van der Waals surface area contributed by atoms with Gasteiger partial charge in [0, 0.05) is 0 Å². The zero-order valence-corrected chi connectivity index (χ0v) is 14.4. The van der Waals surface area contributed by atoms with Crippen molar-refractivity contribution in [1.82, 2.24) is 5.32 Å². The van der Waals surface area contributed by atoms with Gasteiger partial charge in [0.1, 0.15) is 5.75 Å². The van der Waals surface area contributed by atoms with Crippen LogP contribution >= 0.6 is 0 Å². The van der Waals surface area contributed by atoms with E-state index in [0.29, 0.717) is 17.9 Å². The molecule has 5 nitrogen and oxygen atoms in total. The van der Waals surface area contributed by atoms with Gasteiger partial charge in [-0.2, -0.15) is 0 Å². The fraction of sp³-hybridized carbons (Fsp3) is 0.300. The van der Waals surface area contributed by atoms with Gasteiger partial charge < -0.3 is 15.4 Å². The van der Waals surface area contributed by atoms with Crippen LogP contribution in [0, 0.1) is 11.8 Å². The Kier molecular flexibility index (Phi) is 5.03. The summed E-state index contributed by atoms with van der Waals surface area (Å²) in [5, 5.41) is 5.84. The van der Waals surface area contributed by atoms with Crippen LogP contribution in [0.4, 0.5) is 5.69 Å². The molecule has 25 heavy (non-hydrogen) atoms. The SMILES string of the molecule is COc1ccccc1NC(=O)C1CC1C(=O)NC(C)c1ccccc1. The number of methoxy groups -OCH3 is 1. The van der Waals surface area contributed by atoms with E-state index in [9.17, 15) is 9.59 Å². The second kappa shape index (κ2) is 7.38. The molecule has 1 aliphatic carbocycles. The first-order valence-corrected chi connectivity index (χ1v) is 8.39. The zero-order chi connectivity index (χ0) is 17.8. The minimum atomic E-state index is -0.284. The molecule has 0 aliphatic heterocycles. The van der Waals surface area contributed by atoms with Gasteiger partial charge in [-0.1, -0.05) is 42.5 Å². The third kappa shape index (κ3) is 3.99. The molecule has 3 atom stereocenters. The number of rotatable bonds is 6. The molecule has 1 saturated carbocycles. The first-order valence-electron chi connectivity index (χ1n) is 8.39. The molecule has 2 aromatic carbocycles. The van der Waals surface area contributed by atoms with E-state index >= 15 is 0 Å². The number of hydrogen-bond acceptors (Lipinski definition) is 3. The maximum absolute atomic E-state index is 12.4. The number of ether oxygens (including phenoxy) is 1. The monoisotopic (exact) mass is 338 g/mol. The van der Waals surface area contributed by atoms with Gasteiger partial charge in [-0.05, 0) is 31.0 Å². The van der Waals surface area contributed by atoms with Crippen LogP contribution in [0.3, 0.4) is 0 Å². The fourth-order valence-electron chi connectivity index (χ4n) is 2.89. The van der Waals surface area contributed by atoms with Crippen molar-refractivity contribution >= 4 is 17.5 Å². The molecule has 0 bridgehead atoms. The van der Waals surface area contributed by atoms with E-state index in [1.54, 1.807) is 19.2 Å². The molecule has 0 saturated heterocycles. The van der Waals surface area contributed by atoms with Gasteiger partial charge in [0.05, 0.1) is 30.7 Å². The van der Waals surface area contributed by atoms with Gasteiger partial charge in [0.2, 0.25) is 11.8 Å². The smallest absolute Gasteiger partial charge is 0.228 e. The number of anilines is 1. The molecular weight excluding hydrogens is 316 g/mol. The Morgan fingerprint density at radius 3 is 2.36 bits per heavy atom. The van der Waals surface area contributed by atoms with Crippen molar-refractivity contribution < 1.29 is 14.3 Å². The molecule has 0 aromatic heterocycles. The predicted octanol–water partition coefficient (Wildman–Crippen LogP) is 3.15. The normalized spacial score (nSPS) is 19.6. The Morgan fingerprint density at radius 1 is 1.00 bits per heavy atom. The van der Waals surface area contributed by atoms with Gasteiger partial charge >= 0.3 is 0 Å². The Balaban J connectivity index is 1.55. The summed E-state index contributed by atoms with van der Waals surface area (Å²) < 4.78 is 5.23. The highest BCUT2D eigenvalue weighted by molar-refractivity contribution is 6.00. The van der Waals surface area contributed by atoms with Crippen LogP contribution in [0.1, 0.15) is 24.9 Å². The van der Waals surface area contributed by atoms with Crippen molar-refractivity contribution in [2.24, 2.45) is 11.8 Å². The van der Waals surface area contributed by atoms with Gasteiger partial charge in [-0.15, -0.1) is 0 Å². The summed E-state index contributed by atoms with van der Waals surface area (Å²) in [5.41, 5.74) is 1.67. The van der Waals surface area contributed by atoms with Gasteiger partial charge in [-0.25, -0.2) is 0 Å². The molecule has 0 heterocycles. The van der Waals surface area contributed by atoms with E-state index in [-0.39, 0.29) is 29.7 Å². The molecule has 0 spiro atoms. The van der Waals surface area contributed by atoms with Gasteiger partial charge in [-0.3, -0.25) is 9.59 Å². The van der Waals surface area contributed by atoms with Crippen LogP contribution in [-0.2, 0) is 9.59 Å². The average Bonchev–Trinajstić information content (AvgIpc) is 3.44. The Labute approximate surface area is 147 Å². The highest BCUT2D eigenvalue weighted by Gasteiger charge is 2.48. The summed E-state index contributed by atoms with van der Waals surface area (Å²) in [5.74, 6) is -0.155. The van der Waals surface area contributed by atoms with Crippen LogP contribution in [0.2, 0.25) is 0 Å². The van der Waals surface area contributed by atoms with Gasteiger partial charge in [0.25, 0.3) is 0 Å². The lowest BCUT2D eigenvalue weighted by Gasteiger charge is -2.14. The van der Waals surface area contributed by atoms with E-state index in [0.717, 1.165) is 5.56 Å². The number of carbonyl (C=O) groups is 2. The lowest BCUT2D eigenvalue weighted by Crippen LogP contribution is -2.29. The van der Waals surface area contributed by atoms with Crippen molar-refractivity contribution in [2.45, 2.75) is 19.4 Å². The molecular formula is C20H22N2O3. The van der Waals surface area contributed by atoms with Gasteiger partial charge in [0.15, 0.2) is 0 Å². The maximum Gasteiger partial charge on any atom is 0.228 e. The fourth-order valence-corrected chi connectivity index (χ4v) is 2.89. The summed E-state index contributed by atoms with van der Waals surface area (Å²) in [7, 11) is 1.56. The highest BCUT2D eigenvalue weighted by Crippen LogP contribution is 2.40. The summed E-state index contributed by atoms with van der Waals surface area (Å²) in [6.07, 6.45) is 0.578. The van der Waals surface area contributed by atoms with Crippen molar-refractivity contribution in [3.05, 3.63) is 60.2 Å². The first-order chi connectivity index (χ1) is 12.1. The van der Waals surface area contributed by atoms with Crippen molar-refractivity contribution in [1.29, 1.82) is 0 Å². The van der Waals surface area contributed by atoms with Crippen LogP contribution in [-0.4, -0.2) is 18.9 Å². The Morgan fingerprint density at radius 2 is 1.64 bits per heavy atom. The summed E-state index contributed by atoms with van der Waals surface area (Å²) in [6.45, 7) is 1.94. The van der Waals surface area contributed by atoms with Crippen LogP contribution in [0.25, 0.3) is 0 Å². The lowest BCUT2D eigenvalue weighted by molar-refractivity contribution is -0.125. The van der Waals surface area contributed by atoms with Crippen LogP contribution in [0.5, 0.6) is 5.75 Å². The molecule has 3 rings (SSSR count). The molecule has 2 N–H and O–H groups in total. The second-order valence-corrected chi connectivity index (χ2v) is 6.28. The Hall–Kier alpha value is -2.82. The molecule has 0 radical (unpaired) electrons. The van der Waals surface area contributed by atoms with E-state index < -0.39 is 0 Å². The maximum atomic E-state index is 12.4. The van der Waals surface area contributed by atoms with E-state index in [4.69, 9.17) is 4.74 Å². The number of hydrogen-bond donors (Lipinski definition) is 2. The molecule has 3 unspecified atom stereocenters. The van der Waals surface area contributed by atoms with Crippen LogP contribution < -0.4 is 15.4 Å². The van der Waals surface area contributed by atoms with Crippen molar-refractivity contribution in [3.8, 4) is 5.75 Å². The molecule has 130 valence electrons. The molecule has 1 aliphatic rings. The number of benzene rings is 2. The predicted molar refractivity (Wildman–Crippen MR) is 96.2 cm³/mol. The number of para-hydroxylation sites is 2. The summed E-state index contributed by atoms with van der Waals surface area (Å²) >= 11 is 0. The zero-order valence-electron chi connectivity index (χ0n) is 14.4. The molecule has 1 fully saturated rings. The average molecular weight is 338 g/mol. The molecule has 2 amide bonds. The minimum absolute atomic E-state index is 0.0727. The third-order valence-electron chi connectivity index (χ3n) is 4.49. The summed E-state index contributed by atoms with van der Waals surface area (Å²) in [6, 6.07) is 16.9. The topological polar surface area (TPSA) is 67.4 Å². The number of nitrogens with one attached hydrogen (secondary N) is 2. The summed E-state index contributed by atoms with van der Waals surface area (Å²) in [4.78, 5) is 24.7. The quantitative estimate of drug-likeness (QED) is 0.850. The molecule has 2 aromatic rings. The first kappa shape index (κ1) is 17.0. The largest absolute Gasteiger partial charge is 0.495 e. The van der Waals surface area contributed by atoms with E-state index in [1.807, 2.05) is 49.4 Å². The Bertz CT molecular complexity index is 761. The molecule has 5 heteroatoms.